The Kier molecular flexibility index (Phi) is 18.0. The number of methoxy groups -OCH3 is 1. The minimum atomic E-state index is 0. The molecule has 0 spiro atoms. The largest absolute Gasteiger partial charge is 0.382 e. The van der Waals surface area contributed by atoms with Gasteiger partial charge in [-0.3, -0.25) is 0 Å². The van der Waals surface area contributed by atoms with Crippen LogP contribution in [0.1, 0.15) is 10.7 Å². The molecule has 0 amide bonds. The second kappa shape index (κ2) is 14.2. The Balaban J connectivity index is -0.0000000833. The average molecular weight is 286 g/mol. The zero-order chi connectivity index (χ0) is 8.36. The summed E-state index contributed by atoms with van der Waals surface area (Å²) in [7, 11) is 1.66. The molecule has 0 aliphatic rings. The number of rotatable bonds is 8. The van der Waals surface area contributed by atoms with Crippen molar-refractivity contribution in [3.63, 3.8) is 0 Å². The van der Waals surface area contributed by atoms with Gasteiger partial charge in [-0.1, -0.05) is 6.92 Å². The number of hydrogen-bond acceptors (Lipinski definition) is 3. The first-order valence-electron chi connectivity index (χ1n) is 3.85. The van der Waals surface area contributed by atoms with E-state index in [-0.39, 0.29) is 28.2 Å². The van der Waals surface area contributed by atoms with Gasteiger partial charge in [-0.05, 0) is 6.42 Å². The van der Waals surface area contributed by atoms with E-state index in [0.717, 1.165) is 6.42 Å². The summed E-state index contributed by atoms with van der Waals surface area (Å²) in [5.74, 6) is 0. The number of hydrogen-bond donors (Lipinski definition) is 0. The van der Waals surface area contributed by atoms with Crippen LogP contribution < -0.4 is 0 Å². The van der Waals surface area contributed by atoms with Crippen molar-refractivity contribution in [2.75, 3.05) is 40.1 Å². The van der Waals surface area contributed by atoms with Crippen LogP contribution in [0.5, 0.6) is 0 Å². The van der Waals surface area contributed by atoms with Crippen LogP contribution in [0.25, 0.3) is 0 Å². The third-order valence-electron chi connectivity index (χ3n) is 1.09. The van der Waals surface area contributed by atoms with Crippen molar-refractivity contribution in [1.82, 2.24) is 0 Å². The summed E-state index contributed by atoms with van der Waals surface area (Å²) in [4.78, 5) is 0. The number of ether oxygens (including phenoxy) is 3. The van der Waals surface area contributed by atoms with E-state index >= 15 is 0 Å². The van der Waals surface area contributed by atoms with Crippen molar-refractivity contribution in [3.05, 3.63) is 6.92 Å². The Hall–Kier alpha value is 0.679. The molecule has 4 heteroatoms. The van der Waals surface area contributed by atoms with Crippen LogP contribution in [0.2, 0.25) is 0 Å². The first kappa shape index (κ1) is 15.2. The molecule has 0 heterocycles. The van der Waals surface area contributed by atoms with Crippen molar-refractivity contribution in [1.29, 1.82) is 0 Å². The van der Waals surface area contributed by atoms with Gasteiger partial charge in [0.05, 0.1) is 26.4 Å². The molecule has 5 radical (unpaired) electrons. The topological polar surface area (TPSA) is 27.7 Å². The maximum Gasteiger partial charge on any atom is 0.0701 e. The van der Waals surface area contributed by atoms with Gasteiger partial charge in [0.1, 0.15) is 0 Å². The molecular weight excluding hydrogens is 263 g/mol. The van der Waals surface area contributed by atoms with Gasteiger partial charge >= 0.3 is 0 Å². The van der Waals surface area contributed by atoms with Crippen molar-refractivity contribution < 1.29 is 18.5 Å². The van der Waals surface area contributed by atoms with Crippen LogP contribution in [0, 0.1) is 6.92 Å². The van der Waals surface area contributed by atoms with Crippen LogP contribution in [-0.2, 0) is 14.2 Å². The zero-order valence-corrected chi connectivity index (χ0v) is 10.5. The zero-order valence-electron chi connectivity index (χ0n) is 7.67. The predicted molar refractivity (Wildman–Crippen MR) is 55.6 cm³/mol. The molecule has 0 rings (SSSR count). The molecule has 0 fully saturated rings. The van der Waals surface area contributed by atoms with E-state index in [9.17, 15) is 0 Å². The third kappa shape index (κ3) is 13.3. The molecule has 12 heavy (non-hydrogen) atoms. The van der Waals surface area contributed by atoms with E-state index in [1.807, 2.05) is 0 Å². The Morgan fingerprint density at radius 3 is 2.00 bits per heavy atom. The first-order chi connectivity index (χ1) is 5.41. The molecule has 3 nitrogen and oxygen atoms in total. The van der Waals surface area contributed by atoms with Gasteiger partial charge in [0.25, 0.3) is 0 Å². The summed E-state index contributed by atoms with van der Waals surface area (Å²) < 4.78 is 15.1. The van der Waals surface area contributed by atoms with E-state index in [4.69, 9.17) is 14.2 Å². The quantitative estimate of drug-likeness (QED) is 0.496. The van der Waals surface area contributed by atoms with Crippen LogP contribution in [-0.4, -0.2) is 64.1 Å². The fourth-order valence-electron chi connectivity index (χ4n) is 0.566. The summed E-state index contributed by atoms with van der Waals surface area (Å²) in [6.45, 7) is 6.95. The molecular formula is C8H23O3Sn. The molecule has 0 unspecified atom stereocenters. The molecule has 77 valence electrons. The first-order valence-corrected chi connectivity index (χ1v) is 3.85. The van der Waals surface area contributed by atoms with Crippen molar-refractivity contribution >= 4 is 23.9 Å². The summed E-state index contributed by atoms with van der Waals surface area (Å²) >= 11 is 0. The van der Waals surface area contributed by atoms with Crippen molar-refractivity contribution in [3.8, 4) is 0 Å². The van der Waals surface area contributed by atoms with Gasteiger partial charge in [0.2, 0.25) is 0 Å². The summed E-state index contributed by atoms with van der Waals surface area (Å²) in [6.07, 6.45) is 0.818. The average Bonchev–Trinajstić information content (AvgIpc) is 2.03. The van der Waals surface area contributed by atoms with Gasteiger partial charge in [-0.15, -0.1) is 0 Å². The van der Waals surface area contributed by atoms with Gasteiger partial charge < -0.3 is 14.2 Å². The Labute approximate surface area is 96.2 Å². The maximum absolute atomic E-state index is 5.15. The molecule has 0 aromatic carbocycles. The van der Waals surface area contributed by atoms with Crippen LogP contribution >= 0.6 is 0 Å². The smallest absolute Gasteiger partial charge is 0.0701 e. The van der Waals surface area contributed by atoms with Crippen molar-refractivity contribution in [2.45, 2.75) is 6.42 Å². The van der Waals surface area contributed by atoms with Gasteiger partial charge in [-0.25, -0.2) is 0 Å². The minimum absolute atomic E-state index is 0. The monoisotopic (exact) mass is 287 g/mol. The third-order valence-corrected chi connectivity index (χ3v) is 1.09. The molecule has 0 aliphatic carbocycles. The second-order valence-electron chi connectivity index (χ2n) is 2.07. The Morgan fingerprint density at radius 2 is 1.50 bits per heavy atom. The normalized spacial score (nSPS) is 9.50. The summed E-state index contributed by atoms with van der Waals surface area (Å²) in [6, 6.07) is 0. The van der Waals surface area contributed by atoms with Crippen LogP contribution in [0.15, 0.2) is 0 Å². The fraction of sp³-hybridized carbons (Fsp3) is 0.875. The van der Waals surface area contributed by atoms with Crippen molar-refractivity contribution in [2.24, 2.45) is 0 Å². The van der Waals surface area contributed by atoms with E-state index in [0.29, 0.717) is 33.0 Å². The fourth-order valence-corrected chi connectivity index (χ4v) is 0.566. The molecule has 0 bridgehead atoms. The summed E-state index contributed by atoms with van der Waals surface area (Å²) in [5.41, 5.74) is 0. The molecule has 0 aromatic heterocycles. The van der Waals surface area contributed by atoms with Gasteiger partial charge in [0.15, 0.2) is 0 Å². The van der Waals surface area contributed by atoms with E-state index in [1.54, 1.807) is 7.11 Å². The van der Waals surface area contributed by atoms with Crippen LogP contribution in [0.3, 0.4) is 0 Å². The standard InChI is InChI=1S/C8H17O3.Sn.3H2/c1-3-4-10-7-8-11-6-5-9-2;;;;/h1,3-8H2,2H3;;3*1H. The molecule has 0 saturated heterocycles. The molecule has 0 aliphatic heterocycles. The van der Waals surface area contributed by atoms with Crippen LogP contribution in [0.4, 0.5) is 0 Å². The molecule has 0 aromatic rings. The van der Waals surface area contributed by atoms with E-state index in [1.165, 1.54) is 0 Å². The molecule has 0 saturated carbocycles. The Morgan fingerprint density at radius 1 is 1.00 bits per heavy atom. The van der Waals surface area contributed by atoms with E-state index in [2.05, 4.69) is 6.92 Å². The Bertz CT molecular complexity index is 74.2. The second-order valence-corrected chi connectivity index (χ2v) is 2.07. The summed E-state index contributed by atoms with van der Waals surface area (Å²) in [5, 5.41) is 0. The molecule has 0 N–H and O–H groups in total. The SMILES string of the molecule is [CH2]CCOCCOCCOC.[HH].[HH].[HH].[Sn]. The molecule has 0 atom stereocenters. The minimum Gasteiger partial charge on any atom is -0.382 e. The van der Waals surface area contributed by atoms with Gasteiger partial charge in [-0.2, -0.15) is 0 Å². The maximum atomic E-state index is 5.15. The van der Waals surface area contributed by atoms with E-state index < -0.39 is 0 Å². The van der Waals surface area contributed by atoms with Gasteiger partial charge in [0, 0.05) is 41.9 Å². The predicted octanol–water partition coefficient (Wildman–Crippen LogP) is 1.25.